The van der Waals surface area contributed by atoms with E-state index in [-0.39, 0.29) is 0 Å². The second-order valence-corrected chi connectivity index (χ2v) is 5.14. The summed E-state index contributed by atoms with van der Waals surface area (Å²) in [6, 6.07) is 13.7. The summed E-state index contributed by atoms with van der Waals surface area (Å²) in [5.41, 5.74) is 3.71. The number of rotatable bonds is 5. The molecule has 2 aromatic rings. The normalized spacial score (nSPS) is 10.3. The lowest BCUT2D eigenvalue weighted by atomic mass is 9.78. The minimum absolute atomic E-state index is 0.382. The van der Waals surface area contributed by atoms with Crippen LogP contribution in [0.1, 0.15) is 11.1 Å². The average molecular weight is 285 g/mol. The van der Waals surface area contributed by atoms with Gasteiger partial charge in [-0.1, -0.05) is 29.8 Å². The number of anilines is 1. The fraction of sp³-hybridized carbons (Fsp3) is 0.250. The smallest absolute Gasteiger partial charge is 0.492 e. The Labute approximate surface area is 125 Å². The van der Waals surface area contributed by atoms with Crippen LogP contribution in [0.15, 0.2) is 42.5 Å². The molecule has 4 nitrogen and oxygen atoms in total. The molecule has 0 heterocycles. The van der Waals surface area contributed by atoms with E-state index in [0.29, 0.717) is 17.8 Å². The number of ether oxygens (including phenoxy) is 1. The van der Waals surface area contributed by atoms with E-state index in [1.165, 1.54) is 12.7 Å². The van der Waals surface area contributed by atoms with Crippen molar-refractivity contribution in [3.8, 4) is 5.75 Å². The van der Waals surface area contributed by atoms with Crippen molar-refractivity contribution in [3.05, 3.63) is 53.6 Å². The van der Waals surface area contributed by atoms with Crippen molar-refractivity contribution in [2.75, 3.05) is 19.1 Å². The van der Waals surface area contributed by atoms with Gasteiger partial charge < -0.3 is 19.7 Å². The van der Waals surface area contributed by atoms with Crippen LogP contribution < -0.4 is 15.1 Å². The second-order valence-electron chi connectivity index (χ2n) is 5.14. The summed E-state index contributed by atoms with van der Waals surface area (Å²) in [7, 11) is 1.98. The summed E-state index contributed by atoms with van der Waals surface area (Å²) in [5.74, 6) is 0.478. The van der Waals surface area contributed by atoms with Crippen LogP contribution in [0.5, 0.6) is 5.75 Å². The maximum absolute atomic E-state index is 9.40. The van der Waals surface area contributed by atoms with E-state index in [1.54, 1.807) is 12.1 Å². The molecule has 0 fully saturated rings. The molecule has 0 saturated carbocycles. The van der Waals surface area contributed by atoms with E-state index in [2.05, 4.69) is 36.1 Å². The number of benzene rings is 2. The summed E-state index contributed by atoms with van der Waals surface area (Å²) in [6.07, 6.45) is 0. The predicted molar refractivity (Wildman–Crippen MR) is 86.1 cm³/mol. The minimum atomic E-state index is -1.54. The molecule has 0 radical (unpaired) electrons. The van der Waals surface area contributed by atoms with Crippen LogP contribution in [0, 0.1) is 6.92 Å². The summed E-state index contributed by atoms with van der Waals surface area (Å²) in [6.45, 7) is 2.73. The Morgan fingerprint density at radius 2 is 1.76 bits per heavy atom. The molecule has 0 aliphatic carbocycles. The Balaban J connectivity index is 2.19. The lowest BCUT2D eigenvalue weighted by molar-refractivity contribution is 0.403. The Kier molecular flexibility index (Phi) is 4.88. The zero-order chi connectivity index (χ0) is 15.4. The number of aryl methyl sites for hydroxylation is 1. The van der Waals surface area contributed by atoms with Gasteiger partial charge in [-0.3, -0.25) is 0 Å². The third kappa shape index (κ3) is 3.77. The van der Waals surface area contributed by atoms with Crippen LogP contribution in [0.3, 0.4) is 0 Å². The third-order valence-electron chi connectivity index (χ3n) is 3.47. The SMILES string of the molecule is COc1ccc(CN(C)c2ccc(C)cc2)cc1B(O)O. The van der Waals surface area contributed by atoms with Crippen molar-refractivity contribution >= 4 is 18.3 Å². The molecule has 0 unspecified atom stereocenters. The highest BCUT2D eigenvalue weighted by atomic mass is 16.5. The molecule has 2 aromatic carbocycles. The average Bonchev–Trinajstić information content (AvgIpc) is 2.47. The molecule has 0 aliphatic heterocycles. The molecule has 0 aromatic heterocycles. The lowest BCUT2D eigenvalue weighted by Gasteiger charge is -2.20. The van der Waals surface area contributed by atoms with E-state index < -0.39 is 7.12 Å². The van der Waals surface area contributed by atoms with Crippen LogP contribution in [0.25, 0.3) is 0 Å². The Bertz CT molecular complexity index is 599. The standard InChI is InChI=1S/C16H20BNO3/c1-12-4-7-14(8-5-12)18(2)11-13-6-9-16(21-3)15(10-13)17(19)20/h4-10,19-20H,11H2,1-3H3. The first-order valence-corrected chi connectivity index (χ1v) is 6.82. The van der Waals surface area contributed by atoms with Gasteiger partial charge in [0, 0.05) is 24.7 Å². The van der Waals surface area contributed by atoms with Crippen LogP contribution in [-0.2, 0) is 6.54 Å². The molecule has 0 bridgehead atoms. The third-order valence-corrected chi connectivity index (χ3v) is 3.47. The van der Waals surface area contributed by atoms with Gasteiger partial charge in [0.25, 0.3) is 0 Å². The number of methoxy groups -OCH3 is 1. The predicted octanol–water partition coefficient (Wildman–Crippen LogP) is 1.32. The van der Waals surface area contributed by atoms with Gasteiger partial charge in [0.1, 0.15) is 5.75 Å². The molecule has 2 N–H and O–H groups in total. The largest absolute Gasteiger partial charge is 0.497 e. The highest BCUT2D eigenvalue weighted by molar-refractivity contribution is 6.59. The van der Waals surface area contributed by atoms with Gasteiger partial charge in [-0.2, -0.15) is 0 Å². The maximum atomic E-state index is 9.40. The molecular weight excluding hydrogens is 265 g/mol. The zero-order valence-corrected chi connectivity index (χ0v) is 12.6. The molecular formula is C16H20BNO3. The van der Waals surface area contributed by atoms with Crippen molar-refractivity contribution in [2.45, 2.75) is 13.5 Å². The van der Waals surface area contributed by atoms with E-state index >= 15 is 0 Å². The first-order chi connectivity index (χ1) is 10.0. The monoisotopic (exact) mass is 285 g/mol. The quantitative estimate of drug-likeness (QED) is 0.814. The summed E-state index contributed by atoms with van der Waals surface area (Å²) < 4.78 is 5.13. The molecule has 0 atom stereocenters. The first kappa shape index (κ1) is 15.4. The molecule has 110 valence electrons. The van der Waals surface area contributed by atoms with Gasteiger partial charge in [-0.15, -0.1) is 0 Å². The summed E-state index contributed by atoms with van der Waals surface area (Å²) in [4.78, 5) is 2.11. The Morgan fingerprint density at radius 3 is 2.33 bits per heavy atom. The molecule has 0 spiro atoms. The van der Waals surface area contributed by atoms with E-state index in [9.17, 15) is 10.0 Å². The van der Waals surface area contributed by atoms with E-state index in [0.717, 1.165) is 11.3 Å². The lowest BCUT2D eigenvalue weighted by Crippen LogP contribution is -2.32. The fourth-order valence-electron chi connectivity index (χ4n) is 2.25. The minimum Gasteiger partial charge on any atom is -0.497 e. The topological polar surface area (TPSA) is 52.9 Å². The van der Waals surface area contributed by atoms with Crippen LogP contribution in [0.4, 0.5) is 5.69 Å². The maximum Gasteiger partial charge on any atom is 0.492 e. The summed E-state index contributed by atoms with van der Waals surface area (Å²) in [5, 5.41) is 18.8. The second kappa shape index (κ2) is 6.65. The van der Waals surface area contributed by atoms with Crippen LogP contribution in [0.2, 0.25) is 0 Å². The van der Waals surface area contributed by atoms with Gasteiger partial charge in [-0.05, 0) is 30.7 Å². The molecule has 0 saturated heterocycles. The van der Waals surface area contributed by atoms with Gasteiger partial charge in [-0.25, -0.2) is 0 Å². The Hall–Kier alpha value is -1.98. The molecule has 0 amide bonds. The van der Waals surface area contributed by atoms with Crippen molar-refractivity contribution in [3.63, 3.8) is 0 Å². The highest BCUT2D eigenvalue weighted by Gasteiger charge is 2.17. The molecule has 2 rings (SSSR count). The Morgan fingerprint density at radius 1 is 1.10 bits per heavy atom. The zero-order valence-electron chi connectivity index (χ0n) is 12.6. The van der Waals surface area contributed by atoms with E-state index in [1.807, 2.05) is 13.1 Å². The molecule has 5 heteroatoms. The van der Waals surface area contributed by atoms with E-state index in [4.69, 9.17) is 4.74 Å². The number of hydrogen-bond donors (Lipinski definition) is 2. The summed E-state index contributed by atoms with van der Waals surface area (Å²) >= 11 is 0. The molecule has 21 heavy (non-hydrogen) atoms. The fourth-order valence-corrected chi connectivity index (χ4v) is 2.25. The van der Waals surface area contributed by atoms with Crippen molar-refractivity contribution in [2.24, 2.45) is 0 Å². The molecule has 0 aliphatic rings. The number of nitrogens with zero attached hydrogens (tertiary/aromatic N) is 1. The van der Waals surface area contributed by atoms with Gasteiger partial charge in [0.15, 0.2) is 0 Å². The van der Waals surface area contributed by atoms with Crippen molar-refractivity contribution < 1.29 is 14.8 Å². The van der Waals surface area contributed by atoms with Gasteiger partial charge in [0.05, 0.1) is 7.11 Å². The van der Waals surface area contributed by atoms with Crippen LogP contribution in [-0.4, -0.2) is 31.3 Å². The van der Waals surface area contributed by atoms with Crippen LogP contribution >= 0.6 is 0 Å². The van der Waals surface area contributed by atoms with Crippen molar-refractivity contribution in [1.29, 1.82) is 0 Å². The van der Waals surface area contributed by atoms with Gasteiger partial charge >= 0.3 is 7.12 Å². The van der Waals surface area contributed by atoms with Crippen molar-refractivity contribution in [1.82, 2.24) is 0 Å². The number of hydrogen-bond acceptors (Lipinski definition) is 4. The highest BCUT2D eigenvalue weighted by Crippen LogP contribution is 2.17. The van der Waals surface area contributed by atoms with Gasteiger partial charge in [0.2, 0.25) is 0 Å². The first-order valence-electron chi connectivity index (χ1n) is 6.82.